The fraction of sp³-hybridized carbons (Fsp3) is 0.292. The second kappa shape index (κ2) is 34.3. The van der Waals surface area contributed by atoms with Crippen molar-refractivity contribution in [2.45, 2.75) is 209 Å². The zero-order chi connectivity index (χ0) is 92.6. The molecule has 4 heterocycles. The quantitative estimate of drug-likeness (QED) is 0.0209. The lowest BCUT2D eigenvalue weighted by Gasteiger charge is -2.37. The average Bonchev–Trinajstić information content (AvgIpc) is 0.766. The lowest BCUT2D eigenvalue weighted by Crippen LogP contribution is -2.52. The number of rotatable bonds is 25. The van der Waals surface area contributed by atoms with Crippen LogP contribution in [0.5, 0.6) is 46.0 Å². The van der Waals surface area contributed by atoms with Gasteiger partial charge < -0.3 is 43.7 Å². The van der Waals surface area contributed by atoms with E-state index in [2.05, 4.69) is 109 Å². The van der Waals surface area contributed by atoms with Gasteiger partial charge in [-0.2, -0.15) is 0 Å². The number of allylic oxidation sites excluding steroid dienone is 1. The molecule has 2 saturated carbocycles. The van der Waals surface area contributed by atoms with Crippen LogP contribution in [0.4, 0.5) is 0 Å². The van der Waals surface area contributed by atoms with Crippen LogP contribution in [0, 0.1) is 33.6 Å². The first kappa shape index (κ1) is 87.1. The van der Waals surface area contributed by atoms with Gasteiger partial charge >= 0.3 is 0 Å². The smallest absolute Gasteiger partial charge is 0.262 e. The first-order chi connectivity index (χ1) is 63.3. The number of aryl methyl sites for hydroxylation is 4. The highest BCUT2D eigenvalue weighted by atomic mass is 16.5. The van der Waals surface area contributed by atoms with E-state index in [0.29, 0.717) is 101 Å². The maximum atomic E-state index is 17.5. The molecule has 19 rings (SSSR count). The Bertz CT molecular complexity index is 6760. The van der Waals surface area contributed by atoms with E-state index in [1.807, 2.05) is 137 Å². The minimum atomic E-state index is -1.70. The standard InChI is InChI=1S/C113H107N5O14/c1-56(2)67-33-39-85(62(13)43-67)127-93-52-80-97-81(111(124)117(110(80)123)105(71-31-37-78-76-27-17-19-29-89(76)131-91(78)49-71)108(121)115-73-24-21-23-66(47-73)48-84(119)60(9)10)53-94(128-86-40-34-68(57(3)4)44-63(86)14)100-102-96(130-88-42-36-70(59(7)8)46-65(88)16)55-83-98-82(54-95(101(104(98)102)99(93)103(97)100)129-87-41-35-69(58(5)6)45-64(87)15)112(125)118(113(83)126)106(72-32-38-79-77-28-18-20-30-90(77)132-92(79)50-72)109(122)116-75-26-22-25-74(51-75)114-107(120)61(11)12/h17-20,27-46,49-50,52-59,66,73-75,105-106H,9,11,21-26,47-48,51H2,1-8,10,12-16H3,(H,114,120)(H,115,121)(H,116,122). The molecule has 132 heavy (non-hydrogen) atoms. The Morgan fingerprint density at radius 3 is 1.01 bits per heavy atom. The zero-order valence-corrected chi connectivity index (χ0v) is 77.0. The number of carbonyl (C=O) groups excluding carboxylic acids is 8. The summed E-state index contributed by atoms with van der Waals surface area (Å²) in [4.78, 5) is 132. The molecule has 19 heteroatoms. The number of benzene rings is 13. The predicted molar refractivity (Wildman–Crippen MR) is 518 cm³/mol. The highest BCUT2D eigenvalue weighted by Gasteiger charge is 2.49. The van der Waals surface area contributed by atoms with Crippen LogP contribution in [-0.2, 0) is 19.2 Å². The Balaban J connectivity index is 0.925. The van der Waals surface area contributed by atoms with Crippen molar-refractivity contribution >= 4 is 134 Å². The first-order valence-electron chi connectivity index (χ1n) is 46.2. The maximum absolute atomic E-state index is 17.5. The molecule has 2 aliphatic carbocycles. The summed E-state index contributed by atoms with van der Waals surface area (Å²) in [6.45, 7) is 35.8. The number of ketones is 1. The Morgan fingerprint density at radius 1 is 0.356 bits per heavy atom. The number of imide groups is 2. The van der Waals surface area contributed by atoms with Gasteiger partial charge in [0.15, 0.2) is 5.78 Å². The summed E-state index contributed by atoms with van der Waals surface area (Å²) in [6.07, 6.45) is 4.86. The average molecular weight is 1760 g/mol. The molecule has 3 N–H and O–H groups in total. The minimum absolute atomic E-state index is 0.0375. The van der Waals surface area contributed by atoms with E-state index in [9.17, 15) is 9.59 Å². The fourth-order valence-electron chi connectivity index (χ4n) is 20.4. The molecule has 7 amide bonds. The number of amides is 7. The monoisotopic (exact) mass is 1760 g/mol. The third kappa shape index (κ3) is 15.5. The second-order valence-electron chi connectivity index (χ2n) is 38.3. The topological polar surface area (TPSA) is 242 Å². The molecule has 2 fully saturated rings. The van der Waals surface area contributed by atoms with Crippen molar-refractivity contribution in [3.05, 3.63) is 284 Å². The normalized spacial score (nSPS) is 16.9. The number of Topliss-reactive ketones (excluding diaryl/α,β-unsaturated/α-hetero) is 1. The van der Waals surface area contributed by atoms with E-state index in [-0.39, 0.29) is 153 Å². The minimum Gasteiger partial charge on any atom is -0.456 e. The summed E-state index contributed by atoms with van der Waals surface area (Å²) in [5.74, 6) is -3.07. The van der Waals surface area contributed by atoms with Crippen molar-refractivity contribution < 1.29 is 66.1 Å². The molecule has 4 aliphatic rings. The number of fused-ring (bicyclic) bond motifs is 8. The van der Waals surface area contributed by atoms with Gasteiger partial charge in [-0.15, -0.1) is 0 Å². The lowest BCUT2D eigenvalue weighted by molar-refractivity contribution is -0.127. The van der Waals surface area contributed by atoms with E-state index < -0.39 is 59.6 Å². The number of para-hydroxylation sites is 2. The molecule has 2 aromatic heterocycles. The molecule has 0 spiro atoms. The molecular weight excluding hydrogens is 1650 g/mol. The van der Waals surface area contributed by atoms with Crippen LogP contribution in [0.1, 0.15) is 260 Å². The van der Waals surface area contributed by atoms with E-state index in [1.165, 1.54) is 0 Å². The highest BCUT2D eigenvalue weighted by molar-refractivity contribution is 6.45. The number of hydrogen-bond donors (Lipinski definition) is 3. The van der Waals surface area contributed by atoms with Crippen LogP contribution in [0.2, 0.25) is 0 Å². The second-order valence-corrected chi connectivity index (χ2v) is 38.3. The Morgan fingerprint density at radius 2 is 0.674 bits per heavy atom. The van der Waals surface area contributed by atoms with E-state index >= 15 is 28.8 Å². The van der Waals surface area contributed by atoms with Crippen molar-refractivity contribution in [3.63, 3.8) is 0 Å². The van der Waals surface area contributed by atoms with Gasteiger partial charge in [0.05, 0.1) is 22.3 Å². The fourth-order valence-corrected chi connectivity index (χ4v) is 20.4. The van der Waals surface area contributed by atoms with Crippen LogP contribution in [0.15, 0.2) is 215 Å². The number of furan rings is 2. The van der Waals surface area contributed by atoms with E-state index in [4.69, 9.17) is 27.8 Å². The summed E-state index contributed by atoms with van der Waals surface area (Å²) in [5, 5.41) is 14.7. The van der Waals surface area contributed by atoms with Gasteiger partial charge in [-0.3, -0.25) is 48.2 Å². The van der Waals surface area contributed by atoms with Crippen molar-refractivity contribution in [2.24, 2.45) is 5.92 Å². The number of nitrogens with zero attached hydrogens (tertiary/aromatic N) is 2. The van der Waals surface area contributed by atoms with Crippen molar-refractivity contribution in [3.8, 4) is 46.0 Å². The predicted octanol–water partition coefficient (Wildman–Crippen LogP) is 26.4. The molecule has 13 aromatic carbocycles. The number of carbonyl (C=O) groups is 8. The molecule has 0 saturated heterocycles. The van der Waals surface area contributed by atoms with E-state index in [1.54, 1.807) is 62.4 Å². The molecule has 0 radical (unpaired) electrons. The SMILES string of the molecule is C=C(C)C(=O)CC1CCCC(NC(=O)C(c2ccc3c(c2)oc2ccccc23)N2C(=O)c3cc(Oc4ccc(C(C)C)cc4C)c4c5c(Oc6ccc(C(C)C)cc6C)cc6c7c(cc(Oc8ccc(C(C)C)cc8C)c(c8c(Oc9ccc(C(C)C)cc9C)cc(c3c48)C2=O)c75)C(=O)N(C(C(=O)NC2CCCC(NC(=O)C(=C)C)C2)c2ccc3c(c2)oc2ccccc23)C6=O)C1. The van der Waals surface area contributed by atoms with E-state index in [0.717, 1.165) is 82.3 Å². The number of hydrogen-bond acceptors (Lipinski definition) is 14. The summed E-state index contributed by atoms with van der Waals surface area (Å²) in [6, 6.07) is 51.3. The van der Waals surface area contributed by atoms with Crippen LogP contribution >= 0.6 is 0 Å². The van der Waals surface area contributed by atoms with Crippen LogP contribution in [-0.4, -0.2) is 75.1 Å². The maximum Gasteiger partial charge on any atom is 0.262 e. The molecule has 15 aromatic rings. The number of ether oxygens (including phenoxy) is 4. The summed E-state index contributed by atoms with van der Waals surface area (Å²) in [5.41, 5.74) is 10.1. The van der Waals surface area contributed by atoms with Gasteiger partial charge in [0.2, 0.25) is 17.7 Å². The summed E-state index contributed by atoms with van der Waals surface area (Å²) < 4.78 is 43.9. The van der Waals surface area contributed by atoms with Crippen LogP contribution < -0.4 is 34.9 Å². The lowest BCUT2D eigenvalue weighted by atomic mass is 9.80. The largest absolute Gasteiger partial charge is 0.456 e. The Labute approximate surface area is 766 Å². The van der Waals surface area contributed by atoms with Crippen molar-refractivity contribution in [1.29, 1.82) is 0 Å². The summed E-state index contributed by atoms with van der Waals surface area (Å²) >= 11 is 0. The third-order valence-electron chi connectivity index (χ3n) is 27.6. The van der Waals surface area contributed by atoms with Crippen molar-refractivity contribution in [1.82, 2.24) is 25.8 Å². The molecule has 6 atom stereocenters. The molecule has 668 valence electrons. The molecule has 6 unspecified atom stereocenters. The van der Waals surface area contributed by atoms with Gasteiger partial charge in [-0.1, -0.05) is 184 Å². The van der Waals surface area contributed by atoms with Gasteiger partial charge in [0.1, 0.15) is 80.4 Å². The molecular formula is C113H107N5O14. The summed E-state index contributed by atoms with van der Waals surface area (Å²) in [7, 11) is 0. The molecule has 0 bridgehead atoms. The Kier molecular flexibility index (Phi) is 22.6. The molecule has 2 aliphatic heterocycles. The van der Waals surface area contributed by atoms with Gasteiger partial charge in [-0.05, 0) is 250 Å². The first-order valence-corrected chi connectivity index (χ1v) is 46.2. The highest BCUT2D eigenvalue weighted by Crippen LogP contribution is 2.60. The Hall–Kier alpha value is -14.2. The number of nitrogens with one attached hydrogen (secondary N) is 3. The van der Waals surface area contributed by atoms with Crippen molar-refractivity contribution in [2.75, 3.05) is 0 Å². The van der Waals surface area contributed by atoms with Crippen LogP contribution in [0.25, 0.3) is 87.0 Å². The molecule has 19 nitrogen and oxygen atoms in total. The van der Waals surface area contributed by atoms with Gasteiger partial charge in [0, 0.05) is 94.8 Å². The third-order valence-corrected chi connectivity index (χ3v) is 27.6. The zero-order valence-electron chi connectivity index (χ0n) is 77.0. The van der Waals surface area contributed by atoms with Gasteiger partial charge in [0.25, 0.3) is 23.6 Å². The van der Waals surface area contributed by atoms with Gasteiger partial charge in [-0.25, -0.2) is 0 Å². The van der Waals surface area contributed by atoms with Crippen LogP contribution in [0.3, 0.4) is 0 Å².